The molecule has 8 nitrogen and oxygen atoms in total. The fourth-order valence-electron chi connectivity index (χ4n) is 1.89. The molecule has 0 aromatic heterocycles. The summed E-state index contributed by atoms with van der Waals surface area (Å²) >= 11 is 8.27. The first-order chi connectivity index (χ1) is 12.3. The van der Waals surface area contributed by atoms with Crippen LogP contribution in [0.2, 0.25) is 0 Å². The number of amides is 2. The highest BCUT2D eigenvalue weighted by Gasteiger charge is 2.13. The molecule has 10 heteroatoms. The smallest absolute Gasteiger partial charge is 0.270 e. The van der Waals surface area contributed by atoms with Crippen LogP contribution in [0, 0.1) is 17.0 Å². The summed E-state index contributed by atoms with van der Waals surface area (Å²) in [5.41, 5.74) is 5.99. The number of halogens is 1. The molecule has 0 unspecified atom stereocenters. The second-order valence-corrected chi connectivity index (χ2v) is 6.40. The number of carbonyl (C=O) groups excluding carboxylic acids is 2. The van der Waals surface area contributed by atoms with Gasteiger partial charge in [0, 0.05) is 27.7 Å². The van der Waals surface area contributed by atoms with Crippen LogP contribution in [0.1, 0.15) is 26.3 Å². The fraction of sp³-hybridized carbons (Fsp3) is 0.0625. The number of nitrogens with zero attached hydrogens (tertiary/aromatic N) is 1. The number of hydrogen-bond donors (Lipinski definition) is 3. The third kappa shape index (κ3) is 5.07. The quantitative estimate of drug-likeness (QED) is 0.387. The van der Waals surface area contributed by atoms with Crippen molar-refractivity contribution >= 4 is 50.8 Å². The van der Waals surface area contributed by atoms with Gasteiger partial charge in [0.25, 0.3) is 17.5 Å². The van der Waals surface area contributed by atoms with Gasteiger partial charge in [-0.1, -0.05) is 28.1 Å². The molecule has 2 aromatic rings. The molecule has 0 radical (unpaired) electrons. The summed E-state index contributed by atoms with van der Waals surface area (Å²) in [6, 6.07) is 10.3. The summed E-state index contributed by atoms with van der Waals surface area (Å²) < 4.78 is 0.784. The number of nitro benzene ring substituents is 1. The number of non-ortho nitro benzene ring substituents is 1. The fourth-order valence-corrected chi connectivity index (χ4v) is 2.41. The van der Waals surface area contributed by atoms with Gasteiger partial charge in [0.05, 0.1) is 4.92 Å². The van der Waals surface area contributed by atoms with E-state index in [0.29, 0.717) is 5.56 Å². The number of carbonyl (C=O) groups is 2. The molecule has 2 rings (SSSR count). The molecule has 0 aliphatic rings. The first kappa shape index (κ1) is 19.5. The zero-order valence-electron chi connectivity index (χ0n) is 13.4. The van der Waals surface area contributed by atoms with Crippen molar-refractivity contribution in [3.05, 3.63) is 73.7 Å². The largest absolute Gasteiger partial charge is 0.298 e. The summed E-state index contributed by atoms with van der Waals surface area (Å²) in [6.07, 6.45) is 0. The number of hydrogen-bond acceptors (Lipinski definition) is 5. The predicted octanol–water partition coefficient (Wildman–Crippen LogP) is 2.62. The van der Waals surface area contributed by atoms with E-state index in [1.54, 1.807) is 18.2 Å². The highest BCUT2D eigenvalue weighted by Crippen LogP contribution is 2.17. The summed E-state index contributed by atoms with van der Waals surface area (Å²) in [7, 11) is 0. The second kappa shape index (κ2) is 8.50. The minimum Gasteiger partial charge on any atom is -0.298 e. The Labute approximate surface area is 162 Å². The lowest BCUT2D eigenvalue weighted by molar-refractivity contribution is -0.384. The molecule has 0 saturated carbocycles. The summed E-state index contributed by atoms with van der Waals surface area (Å²) in [4.78, 5) is 34.2. The number of benzene rings is 2. The Morgan fingerprint density at radius 1 is 1.08 bits per heavy atom. The average molecular weight is 437 g/mol. The first-order valence-corrected chi connectivity index (χ1v) is 8.40. The Balaban J connectivity index is 1.93. The van der Waals surface area contributed by atoms with Crippen LogP contribution in [0.15, 0.2) is 46.9 Å². The van der Waals surface area contributed by atoms with Crippen molar-refractivity contribution in [1.29, 1.82) is 0 Å². The molecule has 2 amide bonds. The number of hydrazine groups is 1. The molecule has 0 heterocycles. The third-order valence-corrected chi connectivity index (χ3v) is 4.33. The molecule has 0 aliphatic carbocycles. The van der Waals surface area contributed by atoms with Gasteiger partial charge in [-0.25, -0.2) is 0 Å². The van der Waals surface area contributed by atoms with E-state index in [1.807, 2.05) is 6.92 Å². The van der Waals surface area contributed by atoms with E-state index >= 15 is 0 Å². The van der Waals surface area contributed by atoms with E-state index in [9.17, 15) is 19.7 Å². The van der Waals surface area contributed by atoms with Crippen molar-refractivity contribution in [2.24, 2.45) is 0 Å². The SMILES string of the molecule is Cc1ccc(C(=O)NNC(=S)NC(=O)c2cccc([N+](=O)[O-])c2)cc1Br. The Morgan fingerprint density at radius 2 is 1.77 bits per heavy atom. The van der Waals surface area contributed by atoms with Crippen LogP contribution in [0.4, 0.5) is 5.69 Å². The molecule has 2 aromatic carbocycles. The lowest BCUT2D eigenvalue weighted by atomic mass is 10.1. The normalized spacial score (nSPS) is 9.92. The highest BCUT2D eigenvalue weighted by molar-refractivity contribution is 9.10. The topological polar surface area (TPSA) is 113 Å². The Morgan fingerprint density at radius 3 is 2.42 bits per heavy atom. The van der Waals surface area contributed by atoms with E-state index in [-0.39, 0.29) is 16.4 Å². The van der Waals surface area contributed by atoms with Crippen molar-refractivity contribution in [3.63, 3.8) is 0 Å². The zero-order valence-corrected chi connectivity index (χ0v) is 15.8. The lowest BCUT2D eigenvalue weighted by Crippen LogP contribution is -2.48. The Bertz CT molecular complexity index is 904. The van der Waals surface area contributed by atoms with Gasteiger partial charge in [-0.2, -0.15) is 0 Å². The van der Waals surface area contributed by atoms with Crippen LogP contribution >= 0.6 is 28.1 Å². The van der Waals surface area contributed by atoms with Crippen molar-refractivity contribution in [1.82, 2.24) is 16.2 Å². The molecule has 134 valence electrons. The van der Waals surface area contributed by atoms with Gasteiger partial charge in [0.1, 0.15) is 0 Å². The first-order valence-electron chi connectivity index (χ1n) is 7.20. The van der Waals surface area contributed by atoms with Gasteiger partial charge in [-0.05, 0) is 42.9 Å². The summed E-state index contributed by atoms with van der Waals surface area (Å²) in [5.74, 6) is -1.09. The van der Waals surface area contributed by atoms with Gasteiger partial charge >= 0.3 is 0 Å². The Kier molecular flexibility index (Phi) is 6.36. The number of nitro groups is 1. The van der Waals surface area contributed by atoms with Crippen LogP contribution in [0.3, 0.4) is 0 Å². The molecule has 3 N–H and O–H groups in total. The molecular formula is C16H13BrN4O4S. The van der Waals surface area contributed by atoms with E-state index < -0.39 is 16.7 Å². The van der Waals surface area contributed by atoms with E-state index in [1.165, 1.54) is 18.2 Å². The van der Waals surface area contributed by atoms with Crippen molar-refractivity contribution in [2.75, 3.05) is 0 Å². The second-order valence-electron chi connectivity index (χ2n) is 5.13. The number of thiocarbonyl (C=S) groups is 1. The summed E-state index contributed by atoms with van der Waals surface area (Å²) in [5, 5.41) is 12.9. The average Bonchev–Trinajstić information content (AvgIpc) is 2.62. The molecular weight excluding hydrogens is 424 g/mol. The zero-order chi connectivity index (χ0) is 19.3. The van der Waals surface area contributed by atoms with Crippen LogP contribution in [-0.2, 0) is 0 Å². The monoisotopic (exact) mass is 436 g/mol. The molecule has 0 atom stereocenters. The molecule has 0 saturated heterocycles. The van der Waals surface area contributed by atoms with Gasteiger partial charge in [-0.15, -0.1) is 0 Å². The highest BCUT2D eigenvalue weighted by atomic mass is 79.9. The third-order valence-electron chi connectivity index (χ3n) is 3.27. The van der Waals surface area contributed by atoms with E-state index in [0.717, 1.165) is 16.1 Å². The maximum absolute atomic E-state index is 12.0. The minimum atomic E-state index is -0.640. The van der Waals surface area contributed by atoms with Crippen molar-refractivity contribution in [3.8, 4) is 0 Å². The van der Waals surface area contributed by atoms with Crippen LogP contribution in [0.5, 0.6) is 0 Å². The molecule has 26 heavy (non-hydrogen) atoms. The molecule has 0 spiro atoms. The lowest BCUT2D eigenvalue weighted by Gasteiger charge is -2.11. The maximum Gasteiger partial charge on any atom is 0.270 e. The van der Waals surface area contributed by atoms with Crippen LogP contribution in [0.25, 0.3) is 0 Å². The van der Waals surface area contributed by atoms with Gasteiger partial charge in [-0.3, -0.25) is 35.9 Å². The minimum absolute atomic E-state index is 0.0668. The van der Waals surface area contributed by atoms with Crippen molar-refractivity contribution < 1.29 is 14.5 Å². The van der Waals surface area contributed by atoms with Crippen molar-refractivity contribution in [2.45, 2.75) is 6.92 Å². The van der Waals surface area contributed by atoms with Gasteiger partial charge in [0.15, 0.2) is 5.11 Å². The standard InChI is InChI=1S/C16H13BrN4O4S/c1-9-5-6-11(8-13(9)17)15(23)19-20-16(26)18-14(22)10-3-2-4-12(7-10)21(24)25/h2-8H,1H3,(H,19,23)(H2,18,20,22,26). The van der Waals surface area contributed by atoms with Crippen LogP contribution in [-0.4, -0.2) is 21.9 Å². The van der Waals surface area contributed by atoms with E-state index in [2.05, 4.69) is 32.1 Å². The Hall–Kier alpha value is -2.85. The van der Waals surface area contributed by atoms with E-state index in [4.69, 9.17) is 12.2 Å². The number of nitrogens with one attached hydrogen (secondary N) is 3. The molecule has 0 bridgehead atoms. The maximum atomic E-state index is 12.0. The molecule has 0 fully saturated rings. The van der Waals surface area contributed by atoms with Crippen LogP contribution < -0.4 is 16.2 Å². The predicted molar refractivity (Wildman–Crippen MR) is 103 cm³/mol. The number of rotatable bonds is 3. The number of aryl methyl sites for hydroxylation is 1. The molecule has 0 aliphatic heterocycles. The van der Waals surface area contributed by atoms with Gasteiger partial charge < -0.3 is 0 Å². The summed E-state index contributed by atoms with van der Waals surface area (Å²) in [6.45, 7) is 1.89. The van der Waals surface area contributed by atoms with Gasteiger partial charge in [0.2, 0.25) is 0 Å².